The van der Waals surface area contributed by atoms with Crippen molar-refractivity contribution < 1.29 is 32.2 Å². The SMILES string of the molecule is NCCNc1cc(NC(=O)Nc2cc(F)ccc2CCO)cc(OC(F)(F)F)c1. The summed E-state index contributed by atoms with van der Waals surface area (Å²) in [4.78, 5) is 12.3. The molecular weight excluding hydrogens is 396 g/mol. The number of benzene rings is 2. The molecule has 0 aliphatic carbocycles. The molecule has 0 saturated heterocycles. The van der Waals surface area contributed by atoms with Crippen molar-refractivity contribution in [2.24, 2.45) is 5.73 Å². The van der Waals surface area contributed by atoms with Crippen LogP contribution in [0, 0.1) is 5.82 Å². The maximum atomic E-state index is 13.5. The lowest BCUT2D eigenvalue weighted by Gasteiger charge is -2.15. The summed E-state index contributed by atoms with van der Waals surface area (Å²) >= 11 is 0. The molecule has 11 heteroatoms. The highest BCUT2D eigenvalue weighted by Gasteiger charge is 2.31. The second kappa shape index (κ2) is 9.94. The number of hydrogen-bond acceptors (Lipinski definition) is 5. The predicted octanol–water partition coefficient (Wildman–Crippen LogP) is 3.27. The smallest absolute Gasteiger partial charge is 0.406 e. The number of alkyl halides is 3. The maximum absolute atomic E-state index is 13.5. The second-order valence-corrected chi connectivity index (χ2v) is 5.86. The monoisotopic (exact) mass is 416 g/mol. The normalized spacial score (nSPS) is 11.1. The van der Waals surface area contributed by atoms with Crippen molar-refractivity contribution in [3.63, 3.8) is 0 Å². The van der Waals surface area contributed by atoms with E-state index in [1.54, 1.807) is 0 Å². The molecule has 0 unspecified atom stereocenters. The molecule has 0 spiro atoms. The minimum atomic E-state index is -4.91. The number of carbonyl (C=O) groups is 1. The van der Waals surface area contributed by atoms with Gasteiger partial charge < -0.3 is 31.5 Å². The number of aliphatic hydroxyl groups excluding tert-OH is 1. The van der Waals surface area contributed by atoms with Crippen LogP contribution in [0.3, 0.4) is 0 Å². The quantitative estimate of drug-likeness (QED) is 0.425. The van der Waals surface area contributed by atoms with Crippen LogP contribution < -0.4 is 26.4 Å². The minimum Gasteiger partial charge on any atom is -0.406 e. The van der Waals surface area contributed by atoms with Gasteiger partial charge in [-0.15, -0.1) is 13.2 Å². The first-order valence-electron chi connectivity index (χ1n) is 8.52. The van der Waals surface area contributed by atoms with Crippen molar-refractivity contribution in [3.05, 3.63) is 47.8 Å². The summed E-state index contributed by atoms with van der Waals surface area (Å²) in [6.07, 6.45) is -4.73. The molecule has 0 aliphatic rings. The van der Waals surface area contributed by atoms with Gasteiger partial charge in [0.05, 0.1) is 0 Å². The molecule has 0 radical (unpaired) electrons. The Hall–Kier alpha value is -3.05. The van der Waals surface area contributed by atoms with E-state index < -0.39 is 24.0 Å². The molecule has 0 aliphatic heterocycles. The van der Waals surface area contributed by atoms with Crippen LogP contribution >= 0.6 is 0 Å². The molecule has 0 fully saturated rings. The summed E-state index contributed by atoms with van der Waals surface area (Å²) in [5.41, 5.74) is 6.24. The van der Waals surface area contributed by atoms with E-state index in [9.17, 15) is 22.4 Å². The molecule has 2 aromatic carbocycles. The van der Waals surface area contributed by atoms with E-state index in [1.807, 2.05) is 0 Å². The van der Waals surface area contributed by atoms with Gasteiger partial charge in [0.1, 0.15) is 11.6 Å². The number of nitrogens with two attached hydrogens (primary N) is 1. The van der Waals surface area contributed by atoms with Crippen molar-refractivity contribution in [1.29, 1.82) is 0 Å². The number of urea groups is 1. The molecule has 0 saturated carbocycles. The van der Waals surface area contributed by atoms with Gasteiger partial charge in [0, 0.05) is 48.9 Å². The third-order valence-electron chi connectivity index (χ3n) is 3.57. The summed E-state index contributed by atoms with van der Waals surface area (Å²) in [5.74, 6) is -1.14. The van der Waals surface area contributed by atoms with Gasteiger partial charge in [-0.25, -0.2) is 9.18 Å². The lowest BCUT2D eigenvalue weighted by Crippen LogP contribution is -2.21. The van der Waals surface area contributed by atoms with Gasteiger partial charge in [0.25, 0.3) is 0 Å². The summed E-state index contributed by atoms with van der Waals surface area (Å²) in [6.45, 7) is 0.310. The highest BCUT2D eigenvalue weighted by Crippen LogP contribution is 2.29. The topological polar surface area (TPSA) is 109 Å². The Morgan fingerprint density at radius 3 is 2.48 bits per heavy atom. The Kier molecular flexibility index (Phi) is 7.62. The van der Waals surface area contributed by atoms with Crippen LogP contribution in [0.15, 0.2) is 36.4 Å². The Bertz CT molecular complexity index is 846. The van der Waals surface area contributed by atoms with Crippen LogP contribution in [-0.2, 0) is 6.42 Å². The third kappa shape index (κ3) is 7.47. The number of ether oxygens (including phenoxy) is 1. The van der Waals surface area contributed by atoms with E-state index in [0.29, 0.717) is 5.56 Å². The van der Waals surface area contributed by atoms with Crippen molar-refractivity contribution in [3.8, 4) is 5.75 Å². The summed E-state index contributed by atoms with van der Waals surface area (Å²) in [6, 6.07) is 6.33. The zero-order valence-corrected chi connectivity index (χ0v) is 15.1. The number of halogens is 4. The van der Waals surface area contributed by atoms with Crippen molar-refractivity contribution >= 4 is 23.1 Å². The standard InChI is InChI=1S/C18H20F4N4O3/c19-12-2-1-11(3-6-27)16(7-12)26-17(28)25-14-8-13(24-5-4-23)9-15(10-14)29-18(20,21)22/h1-2,7-10,24,27H,3-6,23H2,(H2,25,26,28). The number of nitrogens with one attached hydrogen (secondary N) is 3. The molecule has 2 rings (SSSR count). The lowest BCUT2D eigenvalue weighted by molar-refractivity contribution is -0.274. The summed E-state index contributed by atoms with van der Waals surface area (Å²) in [7, 11) is 0. The highest BCUT2D eigenvalue weighted by molar-refractivity contribution is 6.00. The Labute approximate surface area is 163 Å². The maximum Gasteiger partial charge on any atom is 0.573 e. The van der Waals surface area contributed by atoms with Gasteiger partial charge in [-0.1, -0.05) is 6.07 Å². The Morgan fingerprint density at radius 2 is 1.83 bits per heavy atom. The van der Waals surface area contributed by atoms with Gasteiger partial charge >= 0.3 is 12.4 Å². The molecule has 0 aromatic heterocycles. The van der Waals surface area contributed by atoms with E-state index in [2.05, 4.69) is 20.7 Å². The number of carbonyl (C=O) groups excluding carboxylic acids is 1. The first-order chi connectivity index (χ1) is 13.7. The second-order valence-electron chi connectivity index (χ2n) is 5.86. The van der Waals surface area contributed by atoms with Gasteiger partial charge in [0.2, 0.25) is 0 Å². The van der Waals surface area contributed by atoms with E-state index in [1.165, 1.54) is 18.2 Å². The molecule has 29 heavy (non-hydrogen) atoms. The Balaban J connectivity index is 2.20. The van der Waals surface area contributed by atoms with E-state index in [4.69, 9.17) is 10.8 Å². The van der Waals surface area contributed by atoms with Crippen LogP contribution in [0.4, 0.5) is 39.4 Å². The summed E-state index contributed by atoms with van der Waals surface area (Å²) in [5, 5.41) is 16.6. The molecule has 0 bridgehead atoms. The molecule has 2 amide bonds. The fraction of sp³-hybridized carbons (Fsp3) is 0.278. The predicted molar refractivity (Wildman–Crippen MR) is 101 cm³/mol. The molecular formula is C18H20F4N4O3. The first kappa shape index (κ1) is 22.2. The number of amides is 2. The highest BCUT2D eigenvalue weighted by atomic mass is 19.4. The minimum absolute atomic E-state index is 0.00360. The van der Waals surface area contributed by atoms with Crippen molar-refractivity contribution in [1.82, 2.24) is 0 Å². The lowest BCUT2D eigenvalue weighted by atomic mass is 10.1. The third-order valence-corrected chi connectivity index (χ3v) is 3.57. The number of anilines is 3. The molecule has 2 aromatic rings. The van der Waals surface area contributed by atoms with Gasteiger partial charge in [-0.2, -0.15) is 0 Å². The summed E-state index contributed by atoms with van der Waals surface area (Å²) < 4.78 is 55.0. The van der Waals surface area contributed by atoms with Gasteiger partial charge in [0.15, 0.2) is 0 Å². The molecule has 7 nitrogen and oxygen atoms in total. The average molecular weight is 416 g/mol. The fourth-order valence-electron chi connectivity index (χ4n) is 2.47. The largest absolute Gasteiger partial charge is 0.573 e. The van der Waals surface area contributed by atoms with E-state index in [-0.39, 0.29) is 43.2 Å². The van der Waals surface area contributed by atoms with Gasteiger partial charge in [-0.3, -0.25) is 0 Å². The number of hydrogen-bond donors (Lipinski definition) is 5. The van der Waals surface area contributed by atoms with Crippen LogP contribution in [0.5, 0.6) is 5.75 Å². The van der Waals surface area contributed by atoms with E-state index in [0.717, 1.165) is 18.2 Å². The Morgan fingerprint density at radius 1 is 1.10 bits per heavy atom. The molecule has 158 valence electrons. The zero-order valence-electron chi connectivity index (χ0n) is 15.1. The number of rotatable bonds is 8. The molecule has 6 N–H and O–H groups in total. The van der Waals surface area contributed by atoms with Crippen LogP contribution in [0.25, 0.3) is 0 Å². The van der Waals surface area contributed by atoms with Crippen LogP contribution in [-0.4, -0.2) is 37.2 Å². The zero-order chi connectivity index (χ0) is 21.4. The number of aliphatic hydroxyl groups is 1. The molecule has 0 heterocycles. The fourth-order valence-corrected chi connectivity index (χ4v) is 2.47. The van der Waals surface area contributed by atoms with E-state index >= 15 is 0 Å². The van der Waals surface area contributed by atoms with Crippen molar-refractivity contribution in [2.75, 3.05) is 35.6 Å². The van der Waals surface area contributed by atoms with Crippen LogP contribution in [0.2, 0.25) is 0 Å². The van der Waals surface area contributed by atoms with Crippen LogP contribution in [0.1, 0.15) is 5.56 Å². The average Bonchev–Trinajstić information content (AvgIpc) is 2.60. The van der Waals surface area contributed by atoms with Crippen molar-refractivity contribution in [2.45, 2.75) is 12.8 Å². The first-order valence-corrected chi connectivity index (χ1v) is 8.52. The molecule has 0 atom stereocenters. The van der Waals surface area contributed by atoms with Gasteiger partial charge in [-0.05, 0) is 30.2 Å².